The van der Waals surface area contributed by atoms with E-state index in [9.17, 15) is 15.2 Å². The molecular formula is C20H29NO2. The van der Waals surface area contributed by atoms with Gasteiger partial charge in [-0.2, -0.15) is 5.26 Å². The number of Topliss-reactive ketones (excluding diaryl/α,β-unsaturated/α-hetero) is 1. The molecule has 0 spiro atoms. The van der Waals surface area contributed by atoms with E-state index in [1.165, 1.54) is 0 Å². The number of nitrogens with zero attached hydrogens (tertiary/aromatic N) is 1. The van der Waals surface area contributed by atoms with Crippen LogP contribution in [0.15, 0.2) is 0 Å². The number of rotatable bonds is 0. The van der Waals surface area contributed by atoms with Gasteiger partial charge in [-0.1, -0.05) is 13.8 Å². The molecule has 0 radical (unpaired) electrons. The van der Waals surface area contributed by atoms with Gasteiger partial charge in [0.15, 0.2) is 0 Å². The first-order valence-electron chi connectivity index (χ1n) is 9.47. The van der Waals surface area contributed by atoms with Gasteiger partial charge in [0, 0.05) is 12.8 Å². The number of fused-ring (bicyclic) bond motifs is 5. The first-order chi connectivity index (χ1) is 10.9. The lowest BCUT2D eigenvalue weighted by atomic mass is 9.40. The Bertz CT molecular complexity index is 581. The number of nitriles is 1. The summed E-state index contributed by atoms with van der Waals surface area (Å²) in [5.41, 5.74) is -0.337. The molecule has 0 aromatic heterocycles. The van der Waals surface area contributed by atoms with Gasteiger partial charge < -0.3 is 5.11 Å². The van der Waals surface area contributed by atoms with Gasteiger partial charge >= 0.3 is 0 Å². The molecule has 0 saturated heterocycles. The molecule has 4 aliphatic carbocycles. The summed E-state index contributed by atoms with van der Waals surface area (Å²) in [6.45, 7) is 4.61. The largest absolute Gasteiger partial charge is 0.393 e. The molecule has 0 amide bonds. The van der Waals surface area contributed by atoms with Gasteiger partial charge in [-0.25, -0.2) is 0 Å². The summed E-state index contributed by atoms with van der Waals surface area (Å²) in [7, 11) is 0. The fourth-order valence-electron chi connectivity index (χ4n) is 7.27. The second kappa shape index (κ2) is 4.82. The molecule has 6 unspecified atom stereocenters. The van der Waals surface area contributed by atoms with Crippen LogP contribution in [0.4, 0.5) is 0 Å². The maximum absolute atomic E-state index is 12.1. The first-order valence-corrected chi connectivity index (χ1v) is 9.47. The average Bonchev–Trinajstić information content (AvgIpc) is 2.84. The van der Waals surface area contributed by atoms with Crippen molar-refractivity contribution in [3.05, 3.63) is 0 Å². The molecule has 7 atom stereocenters. The molecule has 0 aromatic carbocycles. The van der Waals surface area contributed by atoms with Crippen molar-refractivity contribution in [2.45, 2.75) is 77.7 Å². The summed E-state index contributed by atoms with van der Waals surface area (Å²) in [4.78, 5) is 12.1. The van der Waals surface area contributed by atoms with Crippen LogP contribution in [0, 0.1) is 45.3 Å². The zero-order chi connectivity index (χ0) is 16.5. The van der Waals surface area contributed by atoms with Crippen molar-refractivity contribution in [2.24, 2.45) is 34.0 Å². The summed E-state index contributed by atoms with van der Waals surface area (Å²) in [5.74, 6) is 2.11. The average molecular weight is 315 g/mol. The van der Waals surface area contributed by atoms with E-state index in [1.807, 2.05) is 0 Å². The Labute approximate surface area is 139 Å². The van der Waals surface area contributed by atoms with Gasteiger partial charge in [0.05, 0.1) is 17.6 Å². The molecule has 23 heavy (non-hydrogen) atoms. The highest BCUT2D eigenvalue weighted by atomic mass is 16.3. The van der Waals surface area contributed by atoms with Gasteiger partial charge in [-0.3, -0.25) is 4.79 Å². The number of hydrogen-bond donors (Lipinski definition) is 1. The Hall–Kier alpha value is -0.880. The van der Waals surface area contributed by atoms with E-state index in [0.717, 1.165) is 44.9 Å². The molecule has 0 heterocycles. The molecule has 0 aromatic rings. The fraction of sp³-hybridized carbons (Fsp3) is 0.900. The lowest BCUT2D eigenvalue weighted by Gasteiger charge is -2.62. The quantitative estimate of drug-likeness (QED) is 0.738. The molecule has 0 aliphatic heterocycles. The number of aliphatic hydroxyl groups excluding tert-OH is 1. The summed E-state index contributed by atoms with van der Waals surface area (Å²) < 4.78 is 0. The third-order valence-electron chi connectivity index (χ3n) is 8.84. The SMILES string of the molecule is CC12CCC3C(CC[C@]4(C#N)CC(=O)CCC34C)C1CCC2O. The van der Waals surface area contributed by atoms with Crippen LogP contribution in [0.3, 0.4) is 0 Å². The van der Waals surface area contributed by atoms with Crippen LogP contribution in [0.2, 0.25) is 0 Å². The third-order valence-corrected chi connectivity index (χ3v) is 8.84. The summed E-state index contributed by atoms with van der Waals surface area (Å²) in [6, 6.07) is 2.63. The lowest BCUT2D eigenvalue weighted by molar-refractivity contribution is -0.156. The van der Waals surface area contributed by atoms with Crippen molar-refractivity contribution in [1.82, 2.24) is 0 Å². The van der Waals surface area contributed by atoms with E-state index in [1.54, 1.807) is 0 Å². The maximum atomic E-state index is 12.1. The number of ketones is 1. The second-order valence-electron chi connectivity index (χ2n) is 9.38. The molecule has 4 rings (SSSR count). The Morgan fingerprint density at radius 1 is 1.09 bits per heavy atom. The van der Waals surface area contributed by atoms with Crippen LogP contribution in [0.25, 0.3) is 0 Å². The Kier molecular flexibility index (Phi) is 3.28. The van der Waals surface area contributed by atoms with E-state index >= 15 is 0 Å². The number of aliphatic hydroxyl groups is 1. The fourth-order valence-corrected chi connectivity index (χ4v) is 7.27. The smallest absolute Gasteiger partial charge is 0.134 e. The molecule has 3 nitrogen and oxygen atoms in total. The predicted molar refractivity (Wildman–Crippen MR) is 87.3 cm³/mol. The standard InChI is InChI=1S/C20H29NO2/c1-18-8-7-16-14(15(18)3-4-17(18)23)6-10-20(12-21)11-13(22)5-9-19(16,20)2/h14-17,23H,3-11H2,1-2H3/t14?,15?,16?,17?,18?,19?,20-/m1/s1. The van der Waals surface area contributed by atoms with Gasteiger partial charge in [0.25, 0.3) is 0 Å². The first kappa shape index (κ1) is 15.6. The molecule has 4 aliphatic rings. The monoisotopic (exact) mass is 315 g/mol. The lowest BCUT2D eigenvalue weighted by Crippen LogP contribution is -2.58. The van der Waals surface area contributed by atoms with Crippen LogP contribution in [-0.4, -0.2) is 17.0 Å². The van der Waals surface area contributed by atoms with Crippen molar-refractivity contribution in [3.63, 3.8) is 0 Å². The van der Waals surface area contributed by atoms with Crippen LogP contribution in [-0.2, 0) is 4.79 Å². The molecule has 4 fully saturated rings. The van der Waals surface area contributed by atoms with E-state index in [4.69, 9.17) is 0 Å². The van der Waals surface area contributed by atoms with Crippen molar-refractivity contribution in [3.8, 4) is 6.07 Å². The summed E-state index contributed by atoms with van der Waals surface area (Å²) in [6.07, 6.45) is 8.17. The van der Waals surface area contributed by atoms with Crippen molar-refractivity contribution in [2.75, 3.05) is 0 Å². The van der Waals surface area contributed by atoms with E-state index in [2.05, 4.69) is 19.9 Å². The van der Waals surface area contributed by atoms with Crippen molar-refractivity contribution < 1.29 is 9.90 Å². The van der Waals surface area contributed by atoms with Crippen LogP contribution >= 0.6 is 0 Å². The van der Waals surface area contributed by atoms with Crippen molar-refractivity contribution in [1.29, 1.82) is 5.26 Å². The molecule has 3 heteroatoms. The highest BCUT2D eigenvalue weighted by molar-refractivity contribution is 5.81. The highest BCUT2D eigenvalue weighted by Crippen LogP contribution is 2.69. The molecule has 126 valence electrons. The summed E-state index contributed by atoms with van der Waals surface area (Å²) >= 11 is 0. The second-order valence-corrected chi connectivity index (χ2v) is 9.38. The molecular weight excluding hydrogens is 286 g/mol. The highest BCUT2D eigenvalue weighted by Gasteiger charge is 2.65. The summed E-state index contributed by atoms with van der Waals surface area (Å²) in [5, 5.41) is 20.5. The minimum Gasteiger partial charge on any atom is -0.393 e. The number of carbonyl (C=O) groups excluding carboxylic acids is 1. The Balaban J connectivity index is 1.71. The van der Waals surface area contributed by atoms with Crippen LogP contribution < -0.4 is 0 Å². The normalized spacial score (nSPS) is 55.5. The third kappa shape index (κ3) is 1.82. The zero-order valence-corrected chi connectivity index (χ0v) is 14.5. The molecule has 4 saturated carbocycles. The van der Waals surface area contributed by atoms with Crippen molar-refractivity contribution >= 4 is 5.78 Å². The topological polar surface area (TPSA) is 61.1 Å². The number of hydrogen-bond acceptors (Lipinski definition) is 3. The Morgan fingerprint density at radius 2 is 1.87 bits per heavy atom. The Morgan fingerprint density at radius 3 is 2.61 bits per heavy atom. The minimum atomic E-state index is -0.422. The predicted octanol–water partition coefficient (Wildman–Crippen LogP) is 3.85. The van der Waals surface area contributed by atoms with Gasteiger partial charge in [-0.15, -0.1) is 0 Å². The van der Waals surface area contributed by atoms with Gasteiger partial charge in [-0.05, 0) is 73.5 Å². The number of carbonyl (C=O) groups is 1. The van der Waals surface area contributed by atoms with E-state index in [-0.39, 0.29) is 16.9 Å². The van der Waals surface area contributed by atoms with Crippen LogP contribution in [0.5, 0.6) is 0 Å². The minimum absolute atomic E-state index is 0.00650. The zero-order valence-electron chi connectivity index (χ0n) is 14.5. The molecule has 0 bridgehead atoms. The maximum Gasteiger partial charge on any atom is 0.134 e. The molecule has 1 N–H and O–H groups in total. The van der Waals surface area contributed by atoms with Crippen LogP contribution in [0.1, 0.15) is 71.6 Å². The van der Waals surface area contributed by atoms with E-state index < -0.39 is 5.41 Å². The van der Waals surface area contributed by atoms with Gasteiger partial charge in [0.1, 0.15) is 5.78 Å². The van der Waals surface area contributed by atoms with Gasteiger partial charge in [0.2, 0.25) is 0 Å². The van der Waals surface area contributed by atoms with E-state index in [0.29, 0.717) is 36.4 Å².